The Kier molecular flexibility index (Phi) is 5.44. The third-order valence-electron chi connectivity index (χ3n) is 1.36. The van der Waals surface area contributed by atoms with E-state index in [1.165, 1.54) is 13.0 Å². The molecule has 0 heterocycles. The van der Waals surface area contributed by atoms with Crippen LogP contribution in [-0.2, 0) is 19.1 Å². The van der Waals surface area contributed by atoms with Crippen molar-refractivity contribution in [1.82, 2.24) is 0 Å². The first kappa shape index (κ1) is 12.6. The highest BCUT2D eigenvalue weighted by molar-refractivity contribution is 5.81. The molecule has 5 nitrogen and oxygen atoms in total. The van der Waals surface area contributed by atoms with Crippen molar-refractivity contribution in [2.75, 3.05) is 13.2 Å². The molecule has 0 aromatic carbocycles. The van der Waals surface area contributed by atoms with Crippen LogP contribution in [0.25, 0.3) is 0 Å². The van der Waals surface area contributed by atoms with Gasteiger partial charge in [0, 0.05) is 19.6 Å². The lowest BCUT2D eigenvalue weighted by Crippen LogP contribution is -2.37. The molecule has 1 unspecified atom stereocenters. The summed E-state index contributed by atoms with van der Waals surface area (Å²) in [4.78, 5) is 24.1. The number of carbonyl (C=O) groups is 1. The molecule has 0 rings (SSSR count). The van der Waals surface area contributed by atoms with Gasteiger partial charge in [0.25, 0.3) is 0 Å². The fourth-order valence-corrected chi connectivity index (χ4v) is 0.843. The van der Waals surface area contributed by atoms with Crippen LogP contribution in [0.2, 0.25) is 0 Å². The normalized spacial score (nSPS) is 13.6. The number of rotatable bonds is 6. The maximum Gasteiger partial charge on any atom is 0.332 e. The Bertz CT molecular complexity index is 258. The molecule has 0 spiro atoms. The Hall–Kier alpha value is -1.45. The summed E-state index contributed by atoms with van der Waals surface area (Å²) in [5, 5.41) is 0. The SMILES string of the molecule is C=CC(=O)OC(C)(CN=C=O)OCC. The van der Waals surface area contributed by atoms with Gasteiger partial charge in [0.1, 0.15) is 6.54 Å². The minimum Gasteiger partial charge on any atom is -0.428 e. The molecule has 0 aromatic heterocycles. The zero-order chi connectivity index (χ0) is 11.0. The summed E-state index contributed by atoms with van der Waals surface area (Å²) >= 11 is 0. The molecule has 0 saturated heterocycles. The highest BCUT2D eigenvalue weighted by Crippen LogP contribution is 2.13. The summed E-state index contributed by atoms with van der Waals surface area (Å²) < 4.78 is 10.0. The zero-order valence-electron chi connectivity index (χ0n) is 8.28. The first-order valence-corrected chi connectivity index (χ1v) is 4.11. The second-order valence-electron chi connectivity index (χ2n) is 2.60. The molecule has 0 aliphatic heterocycles. The van der Waals surface area contributed by atoms with Gasteiger partial charge < -0.3 is 9.47 Å². The lowest BCUT2D eigenvalue weighted by Gasteiger charge is -2.26. The topological polar surface area (TPSA) is 65.0 Å². The largest absolute Gasteiger partial charge is 0.428 e. The standard InChI is InChI=1S/C9H13NO4/c1-4-8(12)14-9(3,13-5-2)6-10-7-11/h4H,1,5-6H2,2-3H3. The van der Waals surface area contributed by atoms with E-state index >= 15 is 0 Å². The number of nitrogens with zero attached hydrogens (tertiary/aromatic N) is 1. The Morgan fingerprint density at radius 1 is 1.71 bits per heavy atom. The van der Waals surface area contributed by atoms with Crippen molar-refractivity contribution in [3.8, 4) is 0 Å². The van der Waals surface area contributed by atoms with Gasteiger partial charge in [-0.1, -0.05) is 6.58 Å². The van der Waals surface area contributed by atoms with Crippen molar-refractivity contribution in [1.29, 1.82) is 0 Å². The zero-order valence-corrected chi connectivity index (χ0v) is 8.28. The van der Waals surface area contributed by atoms with E-state index < -0.39 is 11.8 Å². The van der Waals surface area contributed by atoms with E-state index in [9.17, 15) is 9.59 Å². The van der Waals surface area contributed by atoms with Crippen LogP contribution in [0.15, 0.2) is 17.6 Å². The molecule has 0 N–H and O–H groups in total. The quantitative estimate of drug-likeness (QED) is 0.209. The van der Waals surface area contributed by atoms with Gasteiger partial charge in [0.15, 0.2) is 0 Å². The van der Waals surface area contributed by atoms with E-state index in [1.807, 2.05) is 0 Å². The second kappa shape index (κ2) is 6.07. The van der Waals surface area contributed by atoms with E-state index in [1.54, 1.807) is 6.92 Å². The van der Waals surface area contributed by atoms with E-state index in [4.69, 9.17) is 9.47 Å². The maximum atomic E-state index is 10.9. The fraction of sp³-hybridized carbons (Fsp3) is 0.556. The van der Waals surface area contributed by atoms with Crippen LogP contribution in [-0.4, -0.2) is 31.0 Å². The summed E-state index contributed by atoms with van der Waals surface area (Å²) in [5.41, 5.74) is 0. The average Bonchev–Trinajstić information content (AvgIpc) is 2.15. The third-order valence-corrected chi connectivity index (χ3v) is 1.36. The van der Waals surface area contributed by atoms with E-state index in [-0.39, 0.29) is 6.54 Å². The third kappa shape index (κ3) is 4.54. The number of aliphatic imine (C=N–C) groups is 1. The fourth-order valence-electron chi connectivity index (χ4n) is 0.843. The van der Waals surface area contributed by atoms with E-state index in [2.05, 4.69) is 11.6 Å². The molecule has 0 saturated carbocycles. The van der Waals surface area contributed by atoms with E-state index in [0.717, 1.165) is 6.08 Å². The summed E-state index contributed by atoms with van der Waals surface area (Å²) in [5.74, 6) is -1.85. The number of carbonyl (C=O) groups excluding carboxylic acids is 2. The highest BCUT2D eigenvalue weighted by atomic mass is 16.7. The molecular weight excluding hydrogens is 186 g/mol. The van der Waals surface area contributed by atoms with Gasteiger partial charge in [-0.2, -0.15) is 4.99 Å². The summed E-state index contributed by atoms with van der Waals surface area (Å²) in [6.07, 6.45) is 2.37. The van der Waals surface area contributed by atoms with Gasteiger partial charge in [-0.15, -0.1) is 0 Å². The van der Waals surface area contributed by atoms with Crippen LogP contribution in [0.4, 0.5) is 0 Å². The monoisotopic (exact) mass is 199 g/mol. The molecule has 0 fully saturated rings. The molecule has 0 radical (unpaired) electrons. The molecule has 14 heavy (non-hydrogen) atoms. The van der Waals surface area contributed by atoms with Crippen molar-refractivity contribution in [3.63, 3.8) is 0 Å². The minimum atomic E-state index is -1.22. The highest BCUT2D eigenvalue weighted by Gasteiger charge is 2.28. The molecule has 1 atom stereocenters. The maximum absolute atomic E-state index is 10.9. The summed E-state index contributed by atoms with van der Waals surface area (Å²) in [7, 11) is 0. The molecule has 0 bridgehead atoms. The molecular formula is C9H13NO4. The number of hydrogen-bond acceptors (Lipinski definition) is 5. The molecule has 0 aliphatic carbocycles. The molecule has 0 aromatic rings. The first-order valence-electron chi connectivity index (χ1n) is 4.11. The first-order chi connectivity index (χ1) is 6.58. The van der Waals surface area contributed by atoms with Crippen molar-refractivity contribution in [2.45, 2.75) is 19.6 Å². The van der Waals surface area contributed by atoms with Crippen LogP contribution in [0.3, 0.4) is 0 Å². The number of ether oxygens (including phenoxy) is 2. The summed E-state index contributed by atoms with van der Waals surface area (Å²) in [6.45, 7) is 6.76. The van der Waals surface area contributed by atoms with E-state index in [0.29, 0.717) is 6.61 Å². The van der Waals surface area contributed by atoms with Crippen molar-refractivity contribution in [3.05, 3.63) is 12.7 Å². The Morgan fingerprint density at radius 2 is 2.36 bits per heavy atom. The summed E-state index contributed by atoms with van der Waals surface area (Å²) in [6, 6.07) is 0. The second-order valence-corrected chi connectivity index (χ2v) is 2.60. The van der Waals surface area contributed by atoms with Crippen molar-refractivity contribution in [2.24, 2.45) is 4.99 Å². The van der Waals surface area contributed by atoms with Crippen molar-refractivity contribution >= 4 is 12.0 Å². The molecule has 5 heteroatoms. The minimum absolute atomic E-state index is 0.0794. The Morgan fingerprint density at radius 3 is 2.79 bits per heavy atom. The number of hydrogen-bond donors (Lipinski definition) is 0. The number of isocyanates is 1. The van der Waals surface area contributed by atoms with Crippen LogP contribution in [0.5, 0.6) is 0 Å². The molecule has 0 amide bonds. The van der Waals surface area contributed by atoms with Gasteiger partial charge in [-0.25, -0.2) is 9.59 Å². The predicted molar refractivity (Wildman–Crippen MR) is 49.3 cm³/mol. The van der Waals surface area contributed by atoms with Crippen molar-refractivity contribution < 1.29 is 19.1 Å². The molecule has 78 valence electrons. The van der Waals surface area contributed by atoms with Gasteiger partial charge in [-0.05, 0) is 6.92 Å². The Labute approximate surface area is 82.4 Å². The van der Waals surface area contributed by atoms with Crippen LogP contribution in [0.1, 0.15) is 13.8 Å². The smallest absolute Gasteiger partial charge is 0.332 e. The van der Waals surface area contributed by atoms with Gasteiger partial charge in [0.05, 0.1) is 0 Å². The van der Waals surface area contributed by atoms with Gasteiger partial charge >= 0.3 is 5.97 Å². The Balaban J connectivity index is 4.43. The van der Waals surface area contributed by atoms with Crippen LogP contribution in [0, 0.1) is 0 Å². The lowest BCUT2D eigenvalue weighted by atomic mass is 10.3. The average molecular weight is 199 g/mol. The van der Waals surface area contributed by atoms with Crippen LogP contribution >= 0.6 is 0 Å². The lowest BCUT2D eigenvalue weighted by molar-refractivity contribution is -0.212. The van der Waals surface area contributed by atoms with Crippen LogP contribution < -0.4 is 0 Å². The predicted octanol–water partition coefficient (Wildman–Crippen LogP) is 0.804. The van der Waals surface area contributed by atoms with Gasteiger partial charge in [0.2, 0.25) is 11.9 Å². The molecule has 0 aliphatic rings. The van der Waals surface area contributed by atoms with Gasteiger partial charge in [-0.3, -0.25) is 0 Å². The number of esters is 1.